The van der Waals surface area contributed by atoms with Gasteiger partial charge in [-0.2, -0.15) is 0 Å². The molecule has 1 aromatic rings. The summed E-state index contributed by atoms with van der Waals surface area (Å²) in [5, 5.41) is 0. The van der Waals surface area contributed by atoms with Crippen molar-refractivity contribution in [3.8, 4) is 0 Å². The van der Waals surface area contributed by atoms with Crippen molar-refractivity contribution < 1.29 is 0 Å². The number of H-pyrrole nitrogens is 1. The first-order valence-electron chi connectivity index (χ1n) is 6.86. The number of hydrogen-bond donors (Lipinski definition) is 1. The van der Waals surface area contributed by atoms with Crippen LogP contribution in [0.25, 0.3) is 0 Å². The molecular weight excluding hydrogens is 228 g/mol. The summed E-state index contributed by atoms with van der Waals surface area (Å²) >= 11 is 5.43. The summed E-state index contributed by atoms with van der Waals surface area (Å²) < 4.78 is 3.24. The third-order valence-corrected chi connectivity index (χ3v) is 4.74. The Balaban J connectivity index is 2.28. The van der Waals surface area contributed by atoms with Gasteiger partial charge in [0.25, 0.3) is 0 Å². The second-order valence-electron chi connectivity index (χ2n) is 5.82. The van der Waals surface area contributed by atoms with Gasteiger partial charge in [0.15, 0.2) is 4.77 Å². The first kappa shape index (κ1) is 12.9. The lowest BCUT2D eigenvalue weighted by Crippen LogP contribution is -2.24. The molecule has 0 radical (unpaired) electrons. The summed E-state index contributed by atoms with van der Waals surface area (Å²) in [6.07, 6.45) is 8.88. The van der Waals surface area contributed by atoms with E-state index in [0.29, 0.717) is 11.3 Å². The van der Waals surface area contributed by atoms with Crippen LogP contribution in [0.4, 0.5) is 0 Å². The minimum absolute atomic E-state index is 0.504. The Morgan fingerprint density at radius 2 is 2.06 bits per heavy atom. The molecule has 0 aliphatic heterocycles. The first-order chi connectivity index (χ1) is 8.08. The molecule has 1 heterocycles. The predicted molar refractivity (Wildman–Crippen MR) is 74.9 cm³/mol. The lowest BCUT2D eigenvalue weighted by molar-refractivity contribution is 0.233. The van der Waals surface area contributed by atoms with Gasteiger partial charge in [0, 0.05) is 18.4 Å². The molecule has 0 aromatic carbocycles. The van der Waals surface area contributed by atoms with Gasteiger partial charge in [-0.3, -0.25) is 0 Å². The molecule has 0 atom stereocenters. The van der Waals surface area contributed by atoms with Gasteiger partial charge in [0.1, 0.15) is 0 Å². The number of hydrogen-bond acceptors (Lipinski definition) is 1. The van der Waals surface area contributed by atoms with Crippen LogP contribution in [0, 0.1) is 10.2 Å². The van der Waals surface area contributed by atoms with Crippen LogP contribution >= 0.6 is 12.2 Å². The molecule has 0 saturated heterocycles. The van der Waals surface area contributed by atoms with Gasteiger partial charge in [-0.25, -0.2) is 0 Å². The Labute approximate surface area is 109 Å². The monoisotopic (exact) mass is 252 g/mol. The quantitative estimate of drug-likeness (QED) is 0.774. The first-order valence-corrected chi connectivity index (χ1v) is 7.27. The topological polar surface area (TPSA) is 20.7 Å². The lowest BCUT2D eigenvalue weighted by atomic mass is 9.83. The van der Waals surface area contributed by atoms with E-state index in [1.807, 2.05) is 0 Å². The van der Waals surface area contributed by atoms with Crippen molar-refractivity contribution in [2.75, 3.05) is 0 Å². The number of nitrogens with one attached hydrogen (secondary N) is 1. The zero-order valence-electron chi connectivity index (χ0n) is 11.3. The molecule has 1 saturated carbocycles. The van der Waals surface area contributed by atoms with E-state index in [1.54, 1.807) is 0 Å². The second kappa shape index (κ2) is 4.97. The lowest BCUT2D eigenvalue weighted by Gasteiger charge is -2.29. The molecule has 0 unspecified atom stereocenters. The summed E-state index contributed by atoms with van der Waals surface area (Å²) in [6, 6.07) is 0. The molecule has 1 aliphatic carbocycles. The standard InChI is InChI=1S/C14H24N2S/c1-4-14(7-5-6-8-14)10-16-12(11(2)3)9-15-13(16)17/h9,11H,4-8,10H2,1-3H3,(H,15,17). The average Bonchev–Trinajstić information content (AvgIpc) is 2.89. The molecule has 0 bridgehead atoms. The molecule has 96 valence electrons. The molecule has 1 N–H and O–H groups in total. The maximum absolute atomic E-state index is 5.43. The van der Waals surface area contributed by atoms with Crippen LogP contribution in [0.15, 0.2) is 6.20 Å². The van der Waals surface area contributed by atoms with Crippen molar-refractivity contribution >= 4 is 12.2 Å². The van der Waals surface area contributed by atoms with Crippen molar-refractivity contribution in [3.63, 3.8) is 0 Å². The number of aromatic nitrogens is 2. The van der Waals surface area contributed by atoms with Gasteiger partial charge >= 0.3 is 0 Å². The average molecular weight is 252 g/mol. The smallest absolute Gasteiger partial charge is 0.177 e. The highest BCUT2D eigenvalue weighted by Gasteiger charge is 2.33. The number of imidazole rings is 1. The highest BCUT2D eigenvalue weighted by atomic mass is 32.1. The summed E-state index contributed by atoms with van der Waals surface area (Å²) in [5.74, 6) is 0.540. The molecule has 17 heavy (non-hydrogen) atoms. The fraction of sp³-hybridized carbons (Fsp3) is 0.786. The molecule has 1 aliphatic rings. The fourth-order valence-electron chi connectivity index (χ4n) is 3.13. The molecule has 2 nitrogen and oxygen atoms in total. The van der Waals surface area contributed by atoms with Crippen LogP contribution < -0.4 is 0 Å². The van der Waals surface area contributed by atoms with Gasteiger partial charge in [-0.15, -0.1) is 0 Å². The van der Waals surface area contributed by atoms with E-state index < -0.39 is 0 Å². The minimum Gasteiger partial charge on any atom is -0.337 e. The summed E-state index contributed by atoms with van der Waals surface area (Å²) in [7, 11) is 0. The summed E-state index contributed by atoms with van der Waals surface area (Å²) in [5.41, 5.74) is 1.86. The van der Waals surface area contributed by atoms with Gasteiger partial charge in [-0.1, -0.05) is 33.6 Å². The number of rotatable bonds is 4. The third kappa shape index (κ3) is 2.49. The Morgan fingerprint density at radius 3 is 2.59 bits per heavy atom. The van der Waals surface area contributed by atoms with Gasteiger partial charge in [0.2, 0.25) is 0 Å². The molecule has 1 aromatic heterocycles. The van der Waals surface area contributed by atoms with Crippen molar-refractivity contribution in [3.05, 3.63) is 16.7 Å². The Morgan fingerprint density at radius 1 is 1.41 bits per heavy atom. The molecule has 1 fully saturated rings. The normalized spacial score (nSPS) is 19.1. The van der Waals surface area contributed by atoms with Gasteiger partial charge < -0.3 is 9.55 Å². The van der Waals surface area contributed by atoms with E-state index in [-0.39, 0.29) is 0 Å². The highest BCUT2D eigenvalue weighted by molar-refractivity contribution is 7.71. The Hall–Kier alpha value is -0.570. The van der Waals surface area contributed by atoms with Crippen molar-refractivity contribution in [2.24, 2.45) is 5.41 Å². The number of aromatic amines is 1. The van der Waals surface area contributed by atoms with Gasteiger partial charge in [-0.05, 0) is 42.8 Å². The van der Waals surface area contributed by atoms with Crippen LogP contribution in [0.2, 0.25) is 0 Å². The molecule has 2 rings (SSSR count). The zero-order chi connectivity index (χ0) is 12.5. The molecule has 0 amide bonds. The third-order valence-electron chi connectivity index (χ3n) is 4.40. The van der Waals surface area contributed by atoms with Crippen LogP contribution in [0.3, 0.4) is 0 Å². The van der Waals surface area contributed by atoms with E-state index >= 15 is 0 Å². The van der Waals surface area contributed by atoms with E-state index in [1.165, 1.54) is 37.8 Å². The highest BCUT2D eigenvalue weighted by Crippen LogP contribution is 2.42. The maximum atomic E-state index is 5.43. The summed E-state index contributed by atoms with van der Waals surface area (Å²) in [6.45, 7) is 7.92. The number of nitrogens with zero attached hydrogens (tertiary/aromatic N) is 1. The largest absolute Gasteiger partial charge is 0.337 e. The van der Waals surface area contributed by atoms with Gasteiger partial charge in [0.05, 0.1) is 0 Å². The van der Waals surface area contributed by atoms with Crippen molar-refractivity contribution in [2.45, 2.75) is 65.3 Å². The maximum Gasteiger partial charge on any atom is 0.177 e. The molecule has 0 spiro atoms. The van der Waals surface area contributed by atoms with Crippen LogP contribution in [0.5, 0.6) is 0 Å². The molecular formula is C14H24N2S. The van der Waals surface area contributed by atoms with Crippen molar-refractivity contribution in [1.29, 1.82) is 0 Å². The van der Waals surface area contributed by atoms with Crippen LogP contribution in [-0.4, -0.2) is 9.55 Å². The Kier molecular flexibility index (Phi) is 3.76. The summed E-state index contributed by atoms with van der Waals surface area (Å²) in [4.78, 5) is 3.21. The van der Waals surface area contributed by atoms with E-state index in [9.17, 15) is 0 Å². The van der Waals surface area contributed by atoms with E-state index in [2.05, 4.69) is 36.5 Å². The van der Waals surface area contributed by atoms with Crippen LogP contribution in [-0.2, 0) is 6.54 Å². The SMILES string of the molecule is CCC1(Cn2c(C(C)C)c[nH]c2=S)CCCC1. The van der Waals surface area contributed by atoms with Crippen LogP contribution in [0.1, 0.15) is 64.5 Å². The van der Waals surface area contributed by atoms with E-state index in [4.69, 9.17) is 12.2 Å². The minimum atomic E-state index is 0.504. The van der Waals surface area contributed by atoms with Crippen molar-refractivity contribution in [1.82, 2.24) is 9.55 Å². The fourth-order valence-corrected chi connectivity index (χ4v) is 3.36. The van der Waals surface area contributed by atoms with E-state index in [0.717, 1.165) is 11.3 Å². The molecule has 3 heteroatoms. The predicted octanol–water partition coefficient (Wildman–Crippen LogP) is 4.64. The second-order valence-corrected chi connectivity index (χ2v) is 6.21. The zero-order valence-corrected chi connectivity index (χ0v) is 12.1. The Bertz CT molecular complexity index is 422.